The molecule has 0 aliphatic heterocycles. The van der Waals surface area contributed by atoms with Crippen LogP contribution in [0.4, 0.5) is 0 Å². The van der Waals surface area contributed by atoms with E-state index in [0.29, 0.717) is 12.6 Å². The highest BCUT2D eigenvalue weighted by Gasteiger charge is 2.11. The van der Waals surface area contributed by atoms with Gasteiger partial charge in [-0.3, -0.25) is 0 Å². The van der Waals surface area contributed by atoms with Crippen LogP contribution in [0.2, 0.25) is 0 Å². The van der Waals surface area contributed by atoms with Crippen molar-refractivity contribution in [2.45, 2.75) is 26.5 Å². The molecule has 0 aliphatic rings. The average Bonchev–Trinajstić information content (AvgIpc) is 2.84. The predicted octanol–water partition coefficient (Wildman–Crippen LogP) is 4.51. The molecular weight excluding hydrogens is 262 g/mol. The highest BCUT2D eigenvalue weighted by Crippen LogP contribution is 2.28. The van der Waals surface area contributed by atoms with Gasteiger partial charge in [0.25, 0.3) is 0 Å². The Morgan fingerprint density at radius 3 is 2.57 bits per heavy atom. The largest absolute Gasteiger partial charge is 0.508 e. The quantitative estimate of drug-likeness (QED) is 0.763. The standard InChI is InChI=1S/C18H19NO2/c1-13(2)19-11-14(12-21-16-6-4-3-5-7-16)17-10-15(20)8-9-18(17)19/h3-11,13,20H,12H2,1-2H3. The molecule has 0 bridgehead atoms. The zero-order chi connectivity index (χ0) is 14.8. The number of phenols is 1. The van der Waals surface area contributed by atoms with Gasteiger partial charge in [-0.05, 0) is 44.2 Å². The monoisotopic (exact) mass is 281 g/mol. The van der Waals surface area contributed by atoms with Crippen molar-refractivity contribution in [3.8, 4) is 11.5 Å². The van der Waals surface area contributed by atoms with Crippen LogP contribution in [0.25, 0.3) is 10.9 Å². The molecule has 3 heteroatoms. The van der Waals surface area contributed by atoms with Crippen LogP contribution < -0.4 is 4.74 Å². The fraction of sp³-hybridized carbons (Fsp3) is 0.222. The first-order valence-electron chi connectivity index (χ1n) is 7.15. The van der Waals surface area contributed by atoms with Gasteiger partial charge in [0.15, 0.2) is 0 Å². The molecule has 0 saturated heterocycles. The molecule has 3 aromatic rings. The molecule has 0 radical (unpaired) electrons. The molecule has 1 N–H and O–H groups in total. The smallest absolute Gasteiger partial charge is 0.119 e. The highest BCUT2D eigenvalue weighted by molar-refractivity contribution is 5.85. The lowest BCUT2D eigenvalue weighted by Crippen LogP contribution is -1.98. The van der Waals surface area contributed by atoms with Crippen LogP contribution in [-0.2, 0) is 6.61 Å². The molecule has 3 nitrogen and oxygen atoms in total. The molecule has 0 amide bonds. The Labute approximate surface area is 124 Å². The van der Waals surface area contributed by atoms with E-state index in [9.17, 15) is 5.11 Å². The van der Waals surface area contributed by atoms with Crippen molar-refractivity contribution in [1.82, 2.24) is 4.57 Å². The summed E-state index contributed by atoms with van der Waals surface area (Å²) in [4.78, 5) is 0. The molecule has 2 aromatic carbocycles. The van der Waals surface area contributed by atoms with Crippen LogP contribution in [-0.4, -0.2) is 9.67 Å². The topological polar surface area (TPSA) is 34.4 Å². The fourth-order valence-electron chi connectivity index (χ4n) is 2.53. The van der Waals surface area contributed by atoms with Crippen molar-refractivity contribution in [3.05, 3.63) is 60.3 Å². The third-order valence-corrected chi connectivity index (χ3v) is 3.59. The van der Waals surface area contributed by atoms with E-state index in [4.69, 9.17) is 4.74 Å². The number of hydrogen-bond donors (Lipinski definition) is 1. The molecule has 0 atom stereocenters. The number of benzene rings is 2. The second-order valence-corrected chi connectivity index (χ2v) is 5.46. The van der Waals surface area contributed by atoms with Crippen LogP contribution in [0.1, 0.15) is 25.5 Å². The normalized spacial score (nSPS) is 11.2. The third-order valence-electron chi connectivity index (χ3n) is 3.59. The maximum Gasteiger partial charge on any atom is 0.119 e. The minimum atomic E-state index is 0.282. The van der Waals surface area contributed by atoms with E-state index < -0.39 is 0 Å². The molecule has 108 valence electrons. The molecule has 3 rings (SSSR count). The number of hydrogen-bond acceptors (Lipinski definition) is 2. The maximum atomic E-state index is 9.74. The Hall–Kier alpha value is -2.42. The molecule has 0 saturated carbocycles. The minimum Gasteiger partial charge on any atom is -0.508 e. The van der Waals surface area contributed by atoms with Gasteiger partial charge in [-0.1, -0.05) is 18.2 Å². The number of aromatic hydroxyl groups is 1. The Kier molecular flexibility index (Phi) is 3.57. The summed E-state index contributed by atoms with van der Waals surface area (Å²) >= 11 is 0. The SMILES string of the molecule is CC(C)n1cc(COc2ccccc2)c2cc(O)ccc21. The van der Waals surface area contributed by atoms with Crippen molar-refractivity contribution in [2.24, 2.45) is 0 Å². The summed E-state index contributed by atoms with van der Waals surface area (Å²) in [6.45, 7) is 4.78. The number of ether oxygens (including phenoxy) is 1. The molecule has 0 fully saturated rings. The van der Waals surface area contributed by atoms with Gasteiger partial charge in [0.05, 0.1) is 0 Å². The van der Waals surface area contributed by atoms with Gasteiger partial charge in [-0.15, -0.1) is 0 Å². The second-order valence-electron chi connectivity index (χ2n) is 5.46. The van der Waals surface area contributed by atoms with Crippen LogP contribution in [0, 0.1) is 0 Å². The maximum absolute atomic E-state index is 9.74. The van der Waals surface area contributed by atoms with Crippen LogP contribution in [0.15, 0.2) is 54.7 Å². The number of fused-ring (bicyclic) bond motifs is 1. The molecule has 21 heavy (non-hydrogen) atoms. The fourth-order valence-corrected chi connectivity index (χ4v) is 2.53. The Balaban J connectivity index is 1.96. The summed E-state index contributed by atoms with van der Waals surface area (Å²) in [5.74, 6) is 1.13. The lowest BCUT2D eigenvalue weighted by atomic mass is 10.2. The van der Waals surface area contributed by atoms with Gasteiger partial charge in [-0.25, -0.2) is 0 Å². The first kappa shape index (κ1) is 13.6. The number of aromatic nitrogens is 1. The first-order chi connectivity index (χ1) is 10.1. The van der Waals surface area contributed by atoms with E-state index in [2.05, 4.69) is 24.6 Å². The van der Waals surface area contributed by atoms with Crippen molar-refractivity contribution < 1.29 is 9.84 Å². The summed E-state index contributed by atoms with van der Waals surface area (Å²) in [6.07, 6.45) is 2.11. The van der Waals surface area contributed by atoms with Gasteiger partial charge < -0.3 is 14.4 Å². The Morgan fingerprint density at radius 2 is 1.86 bits per heavy atom. The zero-order valence-electron chi connectivity index (χ0n) is 12.3. The highest BCUT2D eigenvalue weighted by atomic mass is 16.5. The summed E-state index contributed by atoms with van der Waals surface area (Å²) in [6, 6.07) is 15.6. The van der Waals surface area contributed by atoms with E-state index >= 15 is 0 Å². The van der Waals surface area contributed by atoms with Gasteiger partial charge in [-0.2, -0.15) is 0 Å². The molecule has 0 spiro atoms. The van der Waals surface area contributed by atoms with Gasteiger partial charge in [0, 0.05) is 28.7 Å². The zero-order valence-corrected chi connectivity index (χ0v) is 12.3. The number of rotatable bonds is 4. The summed E-state index contributed by atoms with van der Waals surface area (Å²) in [5, 5.41) is 10.8. The van der Waals surface area contributed by atoms with E-state index in [1.54, 1.807) is 12.1 Å². The second kappa shape index (κ2) is 5.52. The summed E-state index contributed by atoms with van der Waals surface area (Å²) in [7, 11) is 0. The van der Waals surface area contributed by atoms with Gasteiger partial charge >= 0.3 is 0 Å². The van der Waals surface area contributed by atoms with Crippen molar-refractivity contribution in [1.29, 1.82) is 0 Å². The average molecular weight is 281 g/mol. The van der Waals surface area contributed by atoms with Crippen LogP contribution in [0.5, 0.6) is 11.5 Å². The first-order valence-corrected chi connectivity index (χ1v) is 7.15. The van der Waals surface area contributed by atoms with Crippen molar-refractivity contribution in [3.63, 3.8) is 0 Å². The van der Waals surface area contributed by atoms with Crippen LogP contribution >= 0.6 is 0 Å². The summed E-state index contributed by atoms with van der Waals surface area (Å²) < 4.78 is 8.04. The molecule has 0 unspecified atom stereocenters. The minimum absolute atomic E-state index is 0.282. The molecule has 1 heterocycles. The van der Waals surface area contributed by atoms with E-state index in [1.165, 1.54) is 0 Å². The lowest BCUT2D eigenvalue weighted by molar-refractivity contribution is 0.307. The van der Waals surface area contributed by atoms with E-state index in [-0.39, 0.29) is 5.75 Å². The molecule has 0 aliphatic carbocycles. The number of nitrogens with zero attached hydrogens (tertiary/aromatic N) is 1. The summed E-state index contributed by atoms with van der Waals surface area (Å²) in [5.41, 5.74) is 2.20. The Bertz CT molecular complexity index is 745. The molecule has 1 aromatic heterocycles. The predicted molar refractivity (Wildman–Crippen MR) is 84.8 cm³/mol. The third kappa shape index (κ3) is 2.72. The van der Waals surface area contributed by atoms with Gasteiger partial charge in [0.1, 0.15) is 18.1 Å². The number of phenolic OH excluding ortho intramolecular Hbond substituents is 1. The van der Waals surface area contributed by atoms with E-state index in [1.807, 2.05) is 36.4 Å². The lowest BCUT2D eigenvalue weighted by Gasteiger charge is -2.08. The van der Waals surface area contributed by atoms with Gasteiger partial charge in [0.2, 0.25) is 0 Å². The van der Waals surface area contributed by atoms with Crippen molar-refractivity contribution in [2.75, 3.05) is 0 Å². The number of para-hydroxylation sites is 1. The Morgan fingerprint density at radius 1 is 1.10 bits per heavy atom. The van der Waals surface area contributed by atoms with Crippen molar-refractivity contribution >= 4 is 10.9 Å². The van der Waals surface area contributed by atoms with Crippen LogP contribution in [0.3, 0.4) is 0 Å². The molecular formula is C18H19NO2. The van der Waals surface area contributed by atoms with E-state index in [0.717, 1.165) is 22.2 Å².